The van der Waals surface area contributed by atoms with E-state index in [4.69, 9.17) is 17.3 Å². The van der Waals surface area contributed by atoms with Gasteiger partial charge >= 0.3 is 0 Å². The fraction of sp³-hybridized carbons (Fsp3) is 0.0833. The van der Waals surface area contributed by atoms with Crippen molar-refractivity contribution in [2.24, 2.45) is 0 Å². The first-order chi connectivity index (χ1) is 8.47. The van der Waals surface area contributed by atoms with Gasteiger partial charge in [-0.15, -0.1) is 11.3 Å². The number of carbonyl (C=O) groups excluding carboxylic acids is 1. The van der Waals surface area contributed by atoms with Crippen molar-refractivity contribution in [2.45, 2.75) is 6.92 Å². The lowest BCUT2D eigenvalue weighted by molar-refractivity contribution is 0.103. The van der Waals surface area contributed by atoms with Crippen molar-refractivity contribution in [1.82, 2.24) is 0 Å². The molecular formula is C12H10ClFN2OS. The number of nitrogens with one attached hydrogen (secondary N) is 1. The molecule has 1 amide bonds. The van der Waals surface area contributed by atoms with Crippen molar-refractivity contribution < 1.29 is 9.18 Å². The van der Waals surface area contributed by atoms with Crippen LogP contribution in [0.4, 0.5) is 15.8 Å². The van der Waals surface area contributed by atoms with E-state index in [0.29, 0.717) is 10.6 Å². The summed E-state index contributed by atoms with van der Waals surface area (Å²) < 4.78 is 13.0. The predicted octanol–water partition coefficient (Wildman–Crippen LogP) is 3.68. The van der Waals surface area contributed by atoms with E-state index in [1.165, 1.54) is 29.5 Å². The molecule has 0 aliphatic heterocycles. The Kier molecular flexibility index (Phi) is 3.54. The summed E-state index contributed by atoms with van der Waals surface area (Å²) in [7, 11) is 0. The number of rotatable bonds is 2. The summed E-state index contributed by atoms with van der Waals surface area (Å²) >= 11 is 7.14. The second-order valence-corrected chi connectivity index (χ2v) is 5.36. The van der Waals surface area contributed by atoms with Crippen molar-refractivity contribution >= 4 is 40.2 Å². The van der Waals surface area contributed by atoms with E-state index in [1.807, 2.05) is 6.92 Å². The third-order valence-electron chi connectivity index (χ3n) is 2.36. The van der Waals surface area contributed by atoms with Gasteiger partial charge in [0.05, 0.1) is 15.6 Å². The Morgan fingerprint density at radius 2 is 2.17 bits per heavy atom. The third kappa shape index (κ3) is 2.63. The van der Waals surface area contributed by atoms with Crippen molar-refractivity contribution in [1.29, 1.82) is 0 Å². The molecule has 1 aromatic heterocycles. The number of benzene rings is 1. The highest BCUT2D eigenvalue weighted by molar-refractivity contribution is 7.14. The quantitative estimate of drug-likeness (QED) is 0.884. The number of nitrogen functional groups attached to an aromatic ring is 1. The SMILES string of the molecule is Cc1sc(C(=O)Nc2cc(F)ccc2Cl)cc1N. The molecule has 0 bridgehead atoms. The number of amides is 1. The molecule has 2 rings (SSSR count). The lowest BCUT2D eigenvalue weighted by Crippen LogP contribution is -2.10. The molecule has 3 N–H and O–H groups in total. The largest absolute Gasteiger partial charge is 0.398 e. The van der Waals surface area contributed by atoms with E-state index in [2.05, 4.69) is 5.32 Å². The molecule has 18 heavy (non-hydrogen) atoms. The topological polar surface area (TPSA) is 55.1 Å². The first kappa shape index (κ1) is 12.9. The van der Waals surface area contributed by atoms with Gasteiger partial charge in [-0.05, 0) is 31.2 Å². The summed E-state index contributed by atoms with van der Waals surface area (Å²) in [5, 5.41) is 2.84. The summed E-state index contributed by atoms with van der Waals surface area (Å²) in [6.07, 6.45) is 0. The number of hydrogen-bond donors (Lipinski definition) is 2. The molecule has 1 heterocycles. The van der Waals surface area contributed by atoms with Gasteiger partial charge in [-0.1, -0.05) is 11.6 Å². The van der Waals surface area contributed by atoms with Gasteiger partial charge in [-0.3, -0.25) is 4.79 Å². The van der Waals surface area contributed by atoms with Crippen LogP contribution >= 0.6 is 22.9 Å². The van der Waals surface area contributed by atoms with Crippen LogP contribution < -0.4 is 11.1 Å². The molecule has 0 spiro atoms. The average molecular weight is 285 g/mol. The highest BCUT2D eigenvalue weighted by Crippen LogP contribution is 2.26. The lowest BCUT2D eigenvalue weighted by Gasteiger charge is -2.05. The van der Waals surface area contributed by atoms with Crippen molar-refractivity contribution in [3.8, 4) is 0 Å². The zero-order valence-electron chi connectivity index (χ0n) is 9.46. The van der Waals surface area contributed by atoms with Crippen LogP contribution in [-0.2, 0) is 0 Å². The third-order valence-corrected chi connectivity index (χ3v) is 3.75. The molecule has 0 aliphatic carbocycles. The summed E-state index contributed by atoms with van der Waals surface area (Å²) in [5.41, 5.74) is 6.48. The van der Waals surface area contributed by atoms with Crippen molar-refractivity contribution in [3.63, 3.8) is 0 Å². The molecule has 0 unspecified atom stereocenters. The molecule has 94 valence electrons. The highest BCUT2D eigenvalue weighted by atomic mass is 35.5. The first-order valence-electron chi connectivity index (χ1n) is 5.09. The Labute approximate surface area is 112 Å². The first-order valence-corrected chi connectivity index (χ1v) is 6.29. The fourth-order valence-electron chi connectivity index (χ4n) is 1.39. The maximum atomic E-state index is 13.0. The number of halogens is 2. The maximum absolute atomic E-state index is 13.0. The van der Waals surface area contributed by atoms with E-state index in [9.17, 15) is 9.18 Å². The van der Waals surface area contributed by atoms with Crippen LogP contribution in [-0.4, -0.2) is 5.91 Å². The second kappa shape index (κ2) is 4.96. The molecule has 0 aliphatic rings. The Hall–Kier alpha value is -1.59. The van der Waals surface area contributed by atoms with E-state index >= 15 is 0 Å². The van der Waals surface area contributed by atoms with Gasteiger partial charge in [-0.2, -0.15) is 0 Å². The summed E-state index contributed by atoms with van der Waals surface area (Å²) in [4.78, 5) is 13.2. The van der Waals surface area contributed by atoms with Crippen LogP contribution in [0.3, 0.4) is 0 Å². The molecule has 2 aromatic rings. The number of carbonyl (C=O) groups is 1. The van der Waals surface area contributed by atoms with Crippen molar-refractivity contribution in [3.05, 3.63) is 44.9 Å². The molecule has 6 heteroatoms. The Morgan fingerprint density at radius 1 is 1.44 bits per heavy atom. The molecule has 0 saturated carbocycles. The smallest absolute Gasteiger partial charge is 0.265 e. The minimum absolute atomic E-state index is 0.242. The van der Waals surface area contributed by atoms with Crippen molar-refractivity contribution in [2.75, 3.05) is 11.1 Å². The van der Waals surface area contributed by atoms with Crippen LogP contribution in [0.25, 0.3) is 0 Å². The van der Waals surface area contributed by atoms with Gasteiger partial charge in [0.15, 0.2) is 0 Å². The monoisotopic (exact) mass is 284 g/mol. The number of hydrogen-bond acceptors (Lipinski definition) is 3. The maximum Gasteiger partial charge on any atom is 0.265 e. The van der Waals surface area contributed by atoms with E-state index < -0.39 is 5.82 Å². The molecule has 3 nitrogen and oxygen atoms in total. The lowest BCUT2D eigenvalue weighted by atomic mass is 10.3. The number of anilines is 2. The molecular weight excluding hydrogens is 275 g/mol. The highest BCUT2D eigenvalue weighted by Gasteiger charge is 2.13. The van der Waals surface area contributed by atoms with E-state index in [-0.39, 0.29) is 16.6 Å². The Bertz CT molecular complexity index is 593. The normalized spacial score (nSPS) is 10.4. The van der Waals surface area contributed by atoms with Gasteiger partial charge in [0.2, 0.25) is 0 Å². The van der Waals surface area contributed by atoms with Gasteiger partial charge < -0.3 is 11.1 Å². The fourth-order valence-corrected chi connectivity index (χ4v) is 2.39. The molecule has 1 aromatic carbocycles. The summed E-state index contributed by atoms with van der Waals surface area (Å²) in [6, 6.07) is 5.37. The van der Waals surface area contributed by atoms with Crippen LogP contribution in [0.1, 0.15) is 14.5 Å². The summed E-state index contributed by atoms with van der Waals surface area (Å²) in [5.74, 6) is -0.816. The molecule has 0 fully saturated rings. The molecule has 0 saturated heterocycles. The zero-order valence-corrected chi connectivity index (χ0v) is 11.0. The van der Waals surface area contributed by atoms with Gasteiger partial charge in [0.1, 0.15) is 5.82 Å². The van der Waals surface area contributed by atoms with E-state index in [1.54, 1.807) is 6.07 Å². The van der Waals surface area contributed by atoms with Crippen LogP contribution in [0, 0.1) is 12.7 Å². The van der Waals surface area contributed by atoms with Gasteiger partial charge in [-0.25, -0.2) is 4.39 Å². The van der Waals surface area contributed by atoms with E-state index in [0.717, 1.165) is 4.88 Å². The van der Waals surface area contributed by atoms with Crippen LogP contribution in [0.5, 0.6) is 0 Å². The number of nitrogens with two attached hydrogens (primary N) is 1. The standard InChI is InChI=1S/C12H10ClFN2OS/c1-6-9(15)5-11(18-6)12(17)16-10-4-7(14)2-3-8(10)13/h2-5H,15H2,1H3,(H,16,17). The molecule has 0 radical (unpaired) electrons. The number of aryl methyl sites for hydroxylation is 1. The average Bonchev–Trinajstić information content (AvgIpc) is 2.64. The van der Waals surface area contributed by atoms with Gasteiger partial charge in [0, 0.05) is 10.6 Å². The molecule has 0 atom stereocenters. The summed E-state index contributed by atoms with van der Waals surface area (Å²) in [6.45, 7) is 1.83. The minimum atomic E-state index is -0.462. The minimum Gasteiger partial charge on any atom is -0.398 e. The van der Waals surface area contributed by atoms with Crippen LogP contribution in [0.2, 0.25) is 5.02 Å². The number of thiophene rings is 1. The Balaban J connectivity index is 2.23. The predicted molar refractivity (Wildman–Crippen MR) is 72.8 cm³/mol. The van der Waals surface area contributed by atoms with Gasteiger partial charge in [0.25, 0.3) is 5.91 Å². The zero-order chi connectivity index (χ0) is 13.3. The Morgan fingerprint density at radius 3 is 2.78 bits per heavy atom. The van der Waals surface area contributed by atoms with Crippen LogP contribution in [0.15, 0.2) is 24.3 Å². The second-order valence-electron chi connectivity index (χ2n) is 3.70.